The van der Waals surface area contributed by atoms with Gasteiger partial charge in [0.2, 0.25) is 11.8 Å². The van der Waals surface area contributed by atoms with Gasteiger partial charge in [-0.3, -0.25) is 0 Å². The molecule has 2 aromatic heterocycles. The van der Waals surface area contributed by atoms with Gasteiger partial charge >= 0.3 is 5.69 Å². The van der Waals surface area contributed by atoms with Gasteiger partial charge in [0, 0.05) is 29.7 Å². The van der Waals surface area contributed by atoms with Crippen LogP contribution in [-0.2, 0) is 0 Å². The summed E-state index contributed by atoms with van der Waals surface area (Å²) in [7, 11) is 1.67. The Kier molecular flexibility index (Phi) is 3.19. The van der Waals surface area contributed by atoms with Crippen LogP contribution in [0.3, 0.4) is 0 Å². The summed E-state index contributed by atoms with van der Waals surface area (Å²) in [5.74, 6) is 0.227. The molecule has 0 bridgehead atoms. The minimum atomic E-state index is -0.570. The fraction of sp³-hybridized carbons (Fsp3) is 0.0769. The highest BCUT2D eigenvalue weighted by atomic mass is 35.5. The van der Waals surface area contributed by atoms with E-state index in [-0.39, 0.29) is 11.8 Å². The van der Waals surface area contributed by atoms with Crippen LogP contribution in [0.4, 0.5) is 5.82 Å². The first-order chi connectivity index (χ1) is 10.1. The highest BCUT2D eigenvalue weighted by molar-refractivity contribution is 6.31. The van der Waals surface area contributed by atoms with Crippen LogP contribution in [0.5, 0.6) is 5.88 Å². The summed E-state index contributed by atoms with van der Waals surface area (Å²) in [6, 6.07) is 6.38. The van der Waals surface area contributed by atoms with E-state index in [1.807, 2.05) is 0 Å². The fourth-order valence-corrected chi connectivity index (χ4v) is 2.20. The Balaban J connectivity index is 2.45. The Morgan fingerprint density at radius 1 is 1.29 bits per heavy atom. The van der Waals surface area contributed by atoms with Gasteiger partial charge in [-0.1, -0.05) is 11.6 Å². The third-order valence-electron chi connectivity index (χ3n) is 2.92. The molecule has 7 nitrogen and oxygen atoms in total. The minimum Gasteiger partial charge on any atom is -0.493 e. The molecule has 0 fully saturated rings. The normalized spacial score (nSPS) is 10.8. The molecule has 106 valence electrons. The lowest BCUT2D eigenvalue weighted by molar-refractivity contribution is 0.450. The van der Waals surface area contributed by atoms with Gasteiger partial charge in [-0.15, -0.1) is 0 Å². The second kappa shape index (κ2) is 5.02. The van der Waals surface area contributed by atoms with E-state index in [9.17, 15) is 9.90 Å². The lowest BCUT2D eigenvalue weighted by Gasteiger charge is -2.11. The number of benzene rings is 1. The average molecular weight is 304 g/mol. The van der Waals surface area contributed by atoms with Crippen LogP contribution in [0.2, 0.25) is 5.02 Å². The molecule has 3 aromatic rings. The van der Waals surface area contributed by atoms with Crippen molar-refractivity contribution in [1.29, 1.82) is 0 Å². The molecule has 0 saturated carbocycles. The van der Waals surface area contributed by atoms with E-state index in [1.165, 1.54) is 16.8 Å². The molecule has 0 aliphatic rings. The van der Waals surface area contributed by atoms with Crippen molar-refractivity contribution in [1.82, 2.24) is 19.5 Å². The van der Waals surface area contributed by atoms with E-state index in [4.69, 9.17) is 11.6 Å². The topological polar surface area (TPSA) is 92.9 Å². The molecule has 8 heteroatoms. The number of rotatable bonds is 2. The Hall–Kier alpha value is -2.67. The zero-order valence-electron chi connectivity index (χ0n) is 10.9. The summed E-state index contributed by atoms with van der Waals surface area (Å²) in [5.41, 5.74) is -0.0721. The van der Waals surface area contributed by atoms with Crippen LogP contribution in [0, 0.1) is 0 Å². The van der Waals surface area contributed by atoms with Gasteiger partial charge in [-0.05, 0) is 18.2 Å². The Labute approximate surface area is 123 Å². The fourth-order valence-electron chi connectivity index (χ4n) is 2.03. The highest BCUT2D eigenvalue weighted by Gasteiger charge is 2.13. The maximum Gasteiger partial charge on any atom is 0.357 e. The van der Waals surface area contributed by atoms with Crippen molar-refractivity contribution in [2.24, 2.45) is 0 Å². The number of nitrogens with one attached hydrogen (secondary N) is 1. The molecule has 0 radical (unpaired) electrons. The first kappa shape index (κ1) is 13.3. The zero-order chi connectivity index (χ0) is 15.0. The van der Waals surface area contributed by atoms with Gasteiger partial charge in [-0.2, -0.15) is 9.97 Å². The predicted molar refractivity (Wildman–Crippen MR) is 79.2 cm³/mol. The van der Waals surface area contributed by atoms with E-state index in [1.54, 1.807) is 25.2 Å². The van der Waals surface area contributed by atoms with Gasteiger partial charge in [0.1, 0.15) is 5.82 Å². The maximum absolute atomic E-state index is 12.2. The first-order valence-electron chi connectivity index (χ1n) is 6.02. The molecule has 2 N–H and O–H groups in total. The molecule has 0 saturated heterocycles. The average Bonchev–Trinajstić information content (AvgIpc) is 2.46. The predicted octanol–water partition coefficient (Wildman–Crippen LogP) is 1.58. The largest absolute Gasteiger partial charge is 0.493 e. The number of anilines is 1. The monoisotopic (exact) mass is 303 g/mol. The summed E-state index contributed by atoms with van der Waals surface area (Å²) < 4.78 is 1.20. The molecule has 0 amide bonds. The number of hydrogen-bond donors (Lipinski definition) is 2. The van der Waals surface area contributed by atoms with Crippen LogP contribution < -0.4 is 11.0 Å². The molecule has 0 unspecified atom stereocenters. The van der Waals surface area contributed by atoms with Crippen molar-refractivity contribution < 1.29 is 5.11 Å². The lowest BCUT2D eigenvalue weighted by atomic mass is 10.2. The van der Waals surface area contributed by atoms with E-state index < -0.39 is 5.69 Å². The van der Waals surface area contributed by atoms with E-state index in [2.05, 4.69) is 20.3 Å². The van der Waals surface area contributed by atoms with E-state index >= 15 is 0 Å². The Morgan fingerprint density at radius 2 is 2.10 bits per heavy atom. The zero-order valence-corrected chi connectivity index (χ0v) is 11.7. The third kappa shape index (κ3) is 2.27. The highest BCUT2D eigenvalue weighted by Crippen LogP contribution is 2.24. The number of halogens is 1. The summed E-state index contributed by atoms with van der Waals surface area (Å²) in [6.45, 7) is 0. The van der Waals surface area contributed by atoms with Crippen molar-refractivity contribution in [3.05, 3.63) is 46.0 Å². The van der Waals surface area contributed by atoms with Gasteiger partial charge in [-0.25, -0.2) is 14.3 Å². The molecule has 0 aliphatic carbocycles. The second-order valence-electron chi connectivity index (χ2n) is 4.20. The molecule has 1 aromatic carbocycles. The summed E-state index contributed by atoms with van der Waals surface area (Å²) in [6.07, 6.45) is 1.35. The van der Waals surface area contributed by atoms with Crippen LogP contribution in [0.1, 0.15) is 0 Å². The van der Waals surface area contributed by atoms with Gasteiger partial charge in [0.05, 0.1) is 5.52 Å². The minimum absolute atomic E-state index is 0.0300. The Bertz CT molecular complexity index is 893. The number of hydrogen-bond acceptors (Lipinski definition) is 6. The summed E-state index contributed by atoms with van der Waals surface area (Å²) >= 11 is 6.01. The van der Waals surface area contributed by atoms with Crippen molar-refractivity contribution in [3.63, 3.8) is 0 Å². The molecular weight excluding hydrogens is 294 g/mol. The Morgan fingerprint density at radius 3 is 2.81 bits per heavy atom. The van der Waals surface area contributed by atoms with E-state index in [0.717, 1.165) is 0 Å². The molecular formula is C13H10ClN5O2. The molecule has 3 rings (SSSR count). The maximum atomic E-state index is 12.2. The lowest BCUT2D eigenvalue weighted by Crippen LogP contribution is -2.24. The van der Waals surface area contributed by atoms with Crippen LogP contribution in [-0.4, -0.2) is 31.7 Å². The van der Waals surface area contributed by atoms with Gasteiger partial charge < -0.3 is 10.4 Å². The molecule has 21 heavy (non-hydrogen) atoms. The number of fused-ring (bicyclic) bond motifs is 1. The number of aromatic nitrogens is 4. The van der Waals surface area contributed by atoms with E-state index in [0.29, 0.717) is 21.7 Å². The van der Waals surface area contributed by atoms with Crippen molar-refractivity contribution in [2.75, 3.05) is 12.4 Å². The van der Waals surface area contributed by atoms with Crippen molar-refractivity contribution >= 4 is 28.3 Å². The van der Waals surface area contributed by atoms with Crippen molar-refractivity contribution in [3.8, 4) is 11.8 Å². The summed E-state index contributed by atoms with van der Waals surface area (Å²) in [4.78, 5) is 24.0. The van der Waals surface area contributed by atoms with Crippen LogP contribution >= 0.6 is 11.6 Å². The number of aromatic hydroxyl groups is 1. The molecule has 0 spiro atoms. The van der Waals surface area contributed by atoms with Crippen molar-refractivity contribution in [2.45, 2.75) is 0 Å². The van der Waals surface area contributed by atoms with Gasteiger partial charge in [0.25, 0.3) is 0 Å². The van der Waals surface area contributed by atoms with Gasteiger partial charge in [0.15, 0.2) is 0 Å². The molecule has 2 heterocycles. The standard InChI is InChI=1S/C13H10ClN5O2/c1-15-11-8-3-2-7(14)6-9(8)19(13(21)18-11)12-16-5-4-10(20)17-12/h2-6H,1H3,(H,15,18,21)(H,16,17,20). The first-order valence-corrected chi connectivity index (χ1v) is 6.40. The van der Waals surface area contributed by atoms with Crippen LogP contribution in [0.15, 0.2) is 35.3 Å². The number of nitrogens with zero attached hydrogens (tertiary/aromatic N) is 4. The molecule has 0 aliphatic heterocycles. The summed E-state index contributed by atoms with van der Waals surface area (Å²) in [5, 5.41) is 13.5. The quantitative estimate of drug-likeness (QED) is 0.746. The third-order valence-corrected chi connectivity index (χ3v) is 3.15. The smallest absolute Gasteiger partial charge is 0.357 e. The second-order valence-corrected chi connectivity index (χ2v) is 4.64. The van der Waals surface area contributed by atoms with Crippen LogP contribution in [0.25, 0.3) is 16.9 Å². The molecule has 0 atom stereocenters. The SMILES string of the molecule is CNc1nc(=O)n(-c2nccc(O)n2)c2cc(Cl)ccc12.